The van der Waals surface area contributed by atoms with E-state index in [9.17, 15) is 4.79 Å². The molecule has 2 rings (SSSR count). The van der Waals surface area contributed by atoms with Crippen LogP contribution in [0.2, 0.25) is 0 Å². The number of rotatable bonds is 6. The third kappa shape index (κ3) is 4.06. The monoisotopic (exact) mass is 292 g/mol. The number of piperidine rings is 1. The van der Waals surface area contributed by atoms with E-state index < -0.39 is 0 Å². The van der Waals surface area contributed by atoms with Crippen LogP contribution in [0.1, 0.15) is 39.3 Å². The number of carbonyl (C=O) groups excluding carboxylic acids is 1. The van der Waals surface area contributed by atoms with Gasteiger partial charge in [-0.1, -0.05) is 0 Å². The third-order valence-corrected chi connectivity index (χ3v) is 4.69. The van der Waals surface area contributed by atoms with E-state index in [2.05, 4.69) is 21.8 Å². The largest absolute Gasteiger partial charge is 0.348 e. The minimum atomic E-state index is 0.0120. The normalized spacial score (nSPS) is 18.6. The molecule has 1 aliphatic rings. The van der Waals surface area contributed by atoms with E-state index in [1.165, 1.54) is 5.69 Å². The second-order valence-electron chi connectivity index (χ2n) is 5.95. The van der Waals surface area contributed by atoms with Gasteiger partial charge in [0.2, 0.25) is 5.91 Å². The summed E-state index contributed by atoms with van der Waals surface area (Å²) >= 11 is 0. The van der Waals surface area contributed by atoms with E-state index in [-0.39, 0.29) is 11.9 Å². The highest BCUT2D eigenvalue weighted by molar-refractivity contribution is 5.81. The molecule has 1 N–H and O–H groups in total. The molecule has 5 nitrogen and oxygen atoms in total. The Balaban J connectivity index is 1.81. The standard InChI is InChI=1S/C16H28N4O/c1-4-19(5-2)16(21)13(3)20-8-6-14(7-9-20)10-15-11-17-12-18-15/h11-14H,4-10H2,1-3H3,(H,17,18). The lowest BCUT2D eigenvalue weighted by atomic mass is 9.91. The van der Waals surface area contributed by atoms with E-state index in [1.807, 2.05) is 24.9 Å². The SMILES string of the molecule is CCN(CC)C(=O)C(C)N1CCC(Cc2cnc[nH]2)CC1. The molecule has 1 aromatic heterocycles. The molecule has 118 valence electrons. The van der Waals surface area contributed by atoms with Crippen molar-refractivity contribution in [3.63, 3.8) is 0 Å². The van der Waals surface area contributed by atoms with Crippen LogP contribution in [0.5, 0.6) is 0 Å². The van der Waals surface area contributed by atoms with Crippen LogP contribution in [0.25, 0.3) is 0 Å². The van der Waals surface area contributed by atoms with Gasteiger partial charge in [-0.05, 0) is 59.0 Å². The molecule has 0 saturated carbocycles. The van der Waals surface area contributed by atoms with Crippen LogP contribution in [0.15, 0.2) is 12.5 Å². The highest BCUT2D eigenvalue weighted by Crippen LogP contribution is 2.22. The fourth-order valence-electron chi connectivity index (χ4n) is 3.21. The van der Waals surface area contributed by atoms with Gasteiger partial charge >= 0.3 is 0 Å². The summed E-state index contributed by atoms with van der Waals surface area (Å²) in [6.07, 6.45) is 7.06. The van der Waals surface area contributed by atoms with Crippen molar-refractivity contribution in [2.45, 2.75) is 46.1 Å². The van der Waals surface area contributed by atoms with Crippen LogP contribution in [-0.2, 0) is 11.2 Å². The average Bonchev–Trinajstić information content (AvgIpc) is 3.01. The number of imidazole rings is 1. The average molecular weight is 292 g/mol. The van der Waals surface area contributed by atoms with Crippen molar-refractivity contribution >= 4 is 5.91 Å². The zero-order valence-corrected chi connectivity index (χ0v) is 13.5. The van der Waals surface area contributed by atoms with E-state index in [4.69, 9.17) is 0 Å². The number of hydrogen-bond donors (Lipinski definition) is 1. The van der Waals surface area contributed by atoms with Crippen molar-refractivity contribution in [2.75, 3.05) is 26.2 Å². The number of nitrogens with zero attached hydrogens (tertiary/aromatic N) is 3. The molecule has 0 radical (unpaired) electrons. The van der Waals surface area contributed by atoms with E-state index >= 15 is 0 Å². The quantitative estimate of drug-likeness (QED) is 0.871. The number of H-pyrrole nitrogens is 1. The second kappa shape index (κ2) is 7.59. The number of hydrogen-bond acceptors (Lipinski definition) is 3. The highest BCUT2D eigenvalue weighted by atomic mass is 16.2. The summed E-state index contributed by atoms with van der Waals surface area (Å²) < 4.78 is 0. The molecule has 5 heteroatoms. The number of aromatic nitrogens is 2. The first-order valence-electron chi connectivity index (χ1n) is 8.15. The number of aromatic amines is 1. The summed E-state index contributed by atoms with van der Waals surface area (Å²) in [5.74, 6) is 0.976. The molecule has 0 spiro atoms. The molecule has 2 heterocycles. The summed E-state index contributed by atoms with van der Waals surface area (Å²) in [6, 6.07) is 0.0120. The molecule has 1 saturated heterocycles. The Morgan fingerprint density at radius 3 is 2.62 bits per heavy atom. The zero-order valence-electron chi connectivity index (χ0n) is 13.5. The summed E-state index contributed by atoms with van der Waals surface area (Å²) in [4.78, 5) is 23.9. The van der Waals surface area contributed by atoms with Crippen molar-refractivity contribution in [2.24, 2.45) is 5.92 Å². The van der Waals surface area contributed by atoms with Gasteiger partial charge < -0.3 is 9.88 Å². The van der Waals surface area contributed by atoms with E-state index in [0.29, 0.717) is 5.92 Å². The van der Waals surface area contributed by atoms with Gasteiger partial charge in [-0.25, -0.2) is 4.98 Å². The first kappa shape index (κ1) is 16.0. The Bertz CT molecular complexity index is 419. The summed E-state index contributed by atoms with van der Waals surface area (Å²) in [5, 5.41) is 0. The van der Waals surface area contributed by atoms with Gasteiger partial charge in [0.15, 0.2) is 0 Å². The predicted molar refractivity (Wildman–Crippen MR) is 84.0 cm³/mol. The molecule has 1 fully saturated rings. The summed E-state index contributed by atoms with van der Waals surface area (Å²) in [6.45, 7) is 9.79. The smallest absolute Gasteiger partial charge is 0.239 e. The van der Waals surface area contributed by atoms with Crippen LogP contribution in [0, 0.1) is 5.92 Å². The molecule has 1 aromatic rings. The number of nitrogens with one attached hydrogen (secondary N) is 1. The minimum Gasteiger partial charge on any atom is -0.348 e. The zero-order chi connectivity index (χ0) is 15.2. The Morgan fingerprint density at radius 1 is 1.43 bits per heavy atom. The van der Waals surface area contributed by atoms with Crippen LogP contribution in [0.3, 0.4) is 0 Å². The minimum absolute atomic E-state index is 0.0120. The third-order valence-electron chi connectivity index (χ3n) is 4.69. The lowest BCUT2D eigenvalue weighted by molar-refractivity contribution is -0.136. The fraction of sp³-hybridized carbons (Fsp3) is 0.750. The Hall–Kier alpha value is -1.36. The van der Waals surface area contributed by atoms with Crippen molar-refractivity contribution in [3.8, 4) is 0 Å². The molecule has 21 heavy (non-hydrogen) atoms. The van der Waals surface area contributed by atoms with Gasteiger partial charge in [0, 0.05) is 25.0 Å². The van der Waals surface area contributed by atoms with Crippen LogP contribution >= 0.6 is 0 Å². The van der Waals surface area contributed by atoms with Crippen molar-refractivity contribution in [1.29, 1.82) is 0 Å². The highest BCUT2D eigenvalue weighted by Gasteiger charge is 2.28. The number of amides is 1. The number of likely N-dealkylation sites (N-methyl/N-ethyl adjacent to an activating group) is 1. The van der Waals surface area contributed by atoms with Gasteiger partial charge in [-0.3, -0.25) is 9.69 Å². The van der Waals surface area contributed by atoms with Crippen LogP contribution in [-0.4, -0.2) is 57.9 Å². The van der Waals surface area contributed by atoms with Gasteiger partial charge in [0.25, 0.3) is 0 Å². The number of carbonyl (C=O) groups is 1. The molecular formula is C16H28N4O. The first-order valence-corrected chi connectivity index (χ1v) is 8.15. The molecule has 1 aliphatic heterocycles. The molecule has 1 unspecified atom stereocenters. The van der Waals surface area contributed by atoms with Gasteiger partial charge in [-0.15, -0.1) is 0 Å². The van der Waals surface area contributed by atoms with Crippen molar-refractivity contribution < 1.29 is 4.79 Å². The van der Waals surface area contributed by atoms with Gasteiger partial charge in [0.05, 0.1) is 12.4 Å². The molecule has 1 amide bonds. The molecule has 0 bridgehead atoms. The molecule has 1 atom stereocenters. The molecule has 0 aromatic carbocycles. The van der Waals surface area contributed by atoms with Crippen molar-refractivity contribution in [1.82, 2.24) is 19.8 Å². The van der Waals surface area contributed by atoms with Crippen LogP contribution in [0.4, 0.5) is 0 Å². The summed E-state index contributed by atoms with van der Waals surface area (Å²) in [5.41, 5.74) is 1.22. The lowest BCUT2D eigenvalue weighted by Crippen LogP contribution is -2.49. The van der Waals surface area contributed by atoms with Crippen molar-refractivity contribution in [3.05, 3.63) is 18.2 Å². The molecule has 0 aliphatic carbocycles. The Morgan fingerprint density at radius 2 is 2.10 bits per heavy atom. The Kier molecular flexibility index (Phi) is 5.79. The molecular weight excluding hydrogens is 264 g/mol. The first-order chi connectivity index (χ1) is 10.2. The predicted octanol–water partition coefficient (Wildman–Crippen LogP) is 1.92. The number of likely N-dealkylation sites (tertiary alicyclic amines) is 1. The maximum Gasteiger partial charge on any atom is 0.239 e. The maximum atomic E-state index is 12.4. The summed E-state index contributed by atoms with van der Waals surface area (Å²) in [7, 11) is 0. The fourth-order valence-corrected chi connectivity index (χ4v) is 3.21. The lowest BCUT2D eigenvalue weighted by Gasteiger charge is -2.37. The second-order valence-corrected chi connectivity index (χ2v) is 5.95. The van der Waals surface area contributed by atoms with E-state index in [1.54, 1.807) is 6.33 Å². The van der Waals surface area contributed by atoms with Gasteiger partial charge in [0.1, 0.15) is 0 Å². The maximum absolute atomic E-state index is 12.4. The van der Waals surface area contributed by atoms with Gasteiger partial charge in [-0.2, -0.15) is 0 Å². The van der Waals surface area contributed by atoms with E-state index in [0.717, 1.165) is 45.4 Å². The Labute approximate surface area is 127 Å². The topological polar surface area (TPSA) is 52.2 Å². The van der Waals surface area contributed by atoms with Crippen LogP contribution < -0.4 is 0 Å².